The minimum atomic E-state index is -3.45. The molecule has 0 aliphatic carbocycles. The molecule has 0 radical (unpaired) electrons. The number of carbonyl (C=O) groups excluding carboxylic acids is 2. The Morgan fingerprint density at radius 1 is 0.824 bits per heavy atom. The smallest absolute Gasteiger partial charge is 0.226 e. The lowest BCUT2D eigenvalue weighted by molar-refractivity contribution is -0.116. The van der Waals surface area contributed by atoms with E-state index in [2.05, 4.69) is 10.3 Å². The maximum absolute atomic E-state index is 13.1. The summed E-state index contributed by atoms with van der Waals surface area (Å²) in [5.74, 6) is -0.656. The Labute approximate surface area is 202 Å². The number of nitrogens with one attached hydrogen (secondary N) is 1. The number of rotatable bonds is 9. The highest BCUT2D eigenvalue weighted by atomic mass is 32.2. The van der Waals surface area contributed by atoms with Gasteiger partial charge in [0.1, 0.15) is 4.88 Å². The van der Waals surface area contributed by atoms with Crippen LogP contribution in [0.3, 0.4) is 0 Å². The second-order valence-corrected chi connectivity index (χ2v) is 10.6. The van der Waals surface area contributed by atoms with E-state index in [9.17, 15) is 18.0 Å². The van der Waals surface area contributed by atoms with Gasteiger partial charge in [-0.3, -0.25) is 9.59 Å². The lowest BCUT2D eigenvalue weighted by Crippen LogP contribution is -2.14. The average Bonchev–Trinajstić information content (AvgIpc) is 3.28. The van der Waals surface area contributed by atoms with Crippen LogP contribution in [0.25, 0.3) is 11.3 Å². The van der Waals surface area contributed by atoms with Gasteiger partial charge in [-0.2, -0.15) is 0 Å². The fourth-order valence-corrected chi connectivity index (χ4v) is 5.69. The van der Waals surface area contributed by atoms with Crippen LogP contribution in [0.1, 0.15) is 28.1 Å². The molecule has 1 amide bonds. The second kappa shape index (κ2) is 10.5. The molecule has 34 heavy (non-hydrogen) atoms. The molecule has 172 valence electrons. The van der Waals surface area contributed by atoms with Crippen molar-refractivity contribution in [3.8, 4) is 11.3 Å². The number of aromatic nitrogens is 1. The summed E-state index contributed by atoms with van der Waals surface area (Å²) in [4.78, 5) is 30.8. The Morgan fingerprint density at radius 3 is 2.06 bits per heavy atom. The van der Waals surface area contributed by atoms with Gasteiger partial charge in [-0.05, 0) is 18.6 Å². The number of benzene rings is 3. The minimum absolute atomic E-state index is 0.0221. The Kier molecular flexibility index (Phi) is 7.30. The lowest BCUT2D eigenvalue weighted by atomic mass is 10.1. The van der Waals surface area contributed by atoms with Crippen molar-refractivity contribution < 1.29 is 18.0 Å². The number of hydrogen-bond acceptors (Lipinski definition) is 6. The van der Waals surface area contributed by atoms with Crippen LogP contribution in [0.5, 0.6) is 0 Å². The number of sulfone groups is 1. The summed E-state index contributed by atoms with van der Waals surface area (Å²) in [6, 6.07) is 26.4. The summed E-state index contributed by atoms with van der Waals surface area (Å²) in [7, 11) is -3.45. The van der Waals surface area contributed by atoms with Crippen molar-refractivity contribution in [2.45, 2.75) is 17.7 Å². The van der Waals surface area contributed by atoms with E-state index in [4.69, 9.17) is 0 Å². The third-order valence-electron chi connectivity index (χ3n) is 5.08. The first kappa shape index (κ1) is 23.5. The molecule has 8 heteroatoms. The SMILES string of the molecule is O=C(CCCS(=O)(=O)c1ccccc1)Nc1nc(-c2ccccc2)c(C(=O)c2ccccc2)s1. The Morgan fingerprint density at radius 2 is 1.41 bits per heavy atom. The molecule has 0 saturated heterocycles. The molecule has 1 N–H and O–H groups in total. The van der Waals surface area contributed by atoms with Crippen molar-refractivity contribution >= 4 is 38.0 Å². The first-order chi connectivity index (χ1) is 16.4. The van der Waals surface area contributed by atoms with Crippen LogP contribution in [0.15, 0.2) is 95.9 Å². The van der Waals surface area contributed by atoms with E-state index in [1.165, 1.54) is 0 Å². The first-order valence-electron chi connectivity index (χ1n) is 10.7. The van der Waals surface area contributed by atoms with Gasteiger partial charge in [-0.15, -0.1) is 0 Å². The maximum atomic E-state index is 13.1. The van der Waals surface area contributed by atoms with Gasteiger partial charge in [-0.25, -0.2) is 13.4 Å². The first-order valence-corrected chi connectivity index (χ1v) is 13.1. The van der Waals surface area contributed by atoms with Crippen LogP contribution < -0.4 is 5.32 Å². The third-order valence-corrected chi connectivity index (χ3v) is 7.87. The van der Waals surface area contributed by atoms with Gasteiger partial charge < -0.3 is 5.32 Å². The molecule has 0 aliphatic heterocycles. The van der Waals surface area contributed by atoms with Crippen molar-refractivity contribution in [3.63, 3.8) is 0 Å². The van der Waals surface area contributed by atoms with E-state index >= 15 is 0 Å². The fraction of sp³-hybridized carbons (Fsp3) is 0.115. The molecule has 0 spiro atoms. The van der Waals surface area contributed by atoms with E-state index in [1.807, 2.05) is 36.4 Å². The second-order valence-electron chi connectivity index (χ2n) is 7.54. The third kappa shape index (κ3) is 5.65. The molecule has 0 fully saturated rings. The van der Waals surface area contributed by atoms with Crippen LogP contribution in [0.4, 0.5) is 5.13 Å². The lowest BCUT2D eigenvalue weighted by Gasteiger charge is -2.04. The van der Waals surface area contributed by atoms with Gasteiger partial charge in [0, 0.05) is 17.5 Å². The van der Waals surface area contributed by atoms with E-state index < -0.39 is 9.84 Å². The molecule has 0 atom stereocenters. The summed E-state index contributed by atoms with van der Waals surface area (Å²) < 4.78 is 24.8. The molecule has 1 aromatic heterocycles. The van der Waals surface area contributed by atoms with E-state index in [-0.39, 0.29) is 35.2 Å². The van der Waals surface area contributed by atoms with Crippen molar-refractivity contribution in [2.75, 3.05) is 11.1 Å². The highest BCUT2D eigenvalue weighted by Gasteiger charge is 2.22. The Bertz CT molecular complexity index is 1380. The molecule has 0 aliphatic rings. The van der Waals surface area contributed by atoms with E-state index in [0.29, 0.717) is 21.3 Å². The van der Waals surface area contributed by atoms with E-state index in [1.54, 1.807) is 54.6 Å². The zero-order chi connectivity index (χ0) is 24.0. The summed E-state index contributed by atoms with van der Waals surface area (Å²) in [6.07, 6.45) is 0.198. The van der Waals surface area contributed by atoms with Crippen molar-refractivity contribution in [1.82, 2.24) is 4.98 Å². The average molecular weight is 491 g/mol. The number of anilines is 1. The van der Waals surface area contributed by atoms with Crippen LogP contribution in [0.2, 0.25) is 0 Å². The van der Waals surface area contributed by atoms with E-state index in [0.717, 1.165) is 16.9 Å². The monoisotopic (exact) mass is 490 g/mol. The minimum Gasteiger partial charge on any atom is -0.302 e. The number of amides is 1. The zero-order valence-electron chi connectivity index (χ0n) is 18.2. The summed E-state index contributed by atoms with van der Waals surface area (Å²) >= 11 is 1.11. The summed E-state index contributed by atoms with van der Waals surface area (Å²) in [5, 5.41) is 3.03. The van der Waals surface area contributed by atoms with Gasteiger partial charge >= 0.3 is 0 Å². The van der Waals surface area contributed by atoms with Gasteiger partial charge in [0.2, 0.25) is 11.7 Å². The molecule has 0 bridgehead atoms. The summed E-state index contributed by atoms with van der Waals surface area (Å²) in [5.41, 5.74) is 1.81. The maximum Gasteiger partial charge on any atom is 0.226 e. The van der Waals surface area contributed by atoms with Gasteiger partial charge in [0.25, 0.3) is 0 Å². The Balaban J connectivity index is 1.48. The quantitative estimate of drug-likeness (QED) is 0.324. The number of nitrogens with zero attached hydrogens (tertiary/aromatic N) is 1. The molecule has 0 unspecified atom stereocenters. The van der Waals surface area contributed by atoms with Crippen LogP contribution in [-0.2, 0) is 14.6 Å². The number of hydrogen-bond donors (Lipinski definition) is 1. The van der Waals surface area contributed by atoms with Crippen LogP contribution in [0, 0.1) is 0 Å². The topological polar surface area (TPSA) is 93.2 Å². The zero-order valence-corrected chi connectivity index (χ0v) is 19.8. The molecular weight excluding hydrogens is 468 g/mol. The summed E-state index contributed by atoms with van der Waals surface area (Å²) in [6.45, 7) is 0. The molecule has 3 aromatic carbocycles. The van der Waals surface area contributed by atoms with Crippen molar-refractivity contribution in [2.24, 2.45) is 0 Å². The highest BCUT2D eigenvalue weighted by molar-refractivity contribution is 7.91. The normalized spacial score (nSPS) is 11.2. The van der Waals surface area contributed by atoms with Crippen LogP contribution >= 0.6 is 11.3 Å². The number of thiazole rings is 1. The Hall–Kier alpha value is -3.62. The van der Waals surface area contributed by atoms with Gasteiger partial charge in [0.15, 0.2) is 15.0 Å². The van der Waals surface area contributed by atoms with Crippen LogP contribution in [-0.4, -0.2) is 30.8 Å². The largest absolute Gasteiger partial charge is 0.302 e. The highest BCUT2D eigenvalue weighted by Crippen LogP contribution is 2.33. The van der Waals surface area contributed by atoms with Crippen molar-refractivity contribution in [1.29, 1.82) is 0 Å². The van der Waals surface area contributed by atoms with Gasteiger partial charge in [-0.1, -0.05) is 90.2 Å². The molecule has 6 nitrogen and oxygen atoms in total. The molecule has 4 aromatic rings. The number of carbonyl (C=O) groups is 2. The predicted molar refractivity (Wildman–Crippen MR) is 134 cm³/mol. The molecule has 0 saturated carbocycles. The number of ketones is 1. The molecule has 4 rings (SSSR count). The molecule has 1 heterocycles. The molecular formula is C26H22N2O4S2. The van der Waals surface area contributed by atoms with Gasteiger partial charge in [0.05, 0.1) is 16.3 Å². The fourth-order valence-electron chi connectivity index (χ4n) is 3.39. The van der Waals surface area contributed by atoms with Crippen molar-refractivity contribution in [3.05, 3.63) is 101 Å². The standard InChI is InChI=1S/C26H22N2O4S2/c29-22(17-10-18-34(31,32)21-15-8-3-9-16-21)27-26-28-23(19-11-4-1-5-12-19)25(33-26)24(30)20-13-6-2-7-14-20/h1-9,11-16H,10,17-18H2,(H,27,28,29). The predicted octanol–water partition coefficient (Wildman–Crippen LogP) is 5.23.